The highest BCUT2D eigenvalue weighted by molar-refractivity contribution is 5.22. The van der Waals surface area contributed by atoms with Gasteiger partial charge in [0.15, 0.2) is 0 Å². The molecule has 48 valence electrons. The Hall–Kier alpha value is -0.720. The van der Waals surface area contributed by atoms with Crippen molar-refractivity contribution in [2.75, 3.05) is 0 Å². The van der Waals surface area contributed by atoms with Gasteiger partial charge in [0.2, 0.25) is 0 Å². The average molecular weight is 122 g/mol. The molecule has 0 aromatic carbocycles. The summed E-state index contributed by atoms with van der Waals surface area (Å²) in [4.78, 5) is 0. The second-order valence-electron chi connectivity index (χ2n) is 2.86. The van der Waals surface area contributed by atoms with E-state index in [9.17, 15) is 0 Å². The van der Waals surface area contributed by atoms with Crippen LogP contribution >= 0.6 is 0 Å². The number of rotatable bonds is 0. The molecule has 2 aliphatic carbocycles. The average Bonchev–Trinajstić information content (AvgIpc) is 1.78. The van der Waals surface area contributed by atoms with Crippen LogP contribution in [0.15, 0.2) is 24.0 Å². The molecule has 0 amide bonds. The molecule has 1 fully saturated rings. The van der Waals surface area contributed by atoms with Crippen molar-refractivity contribution < 1.29 is 5.11 Å². The van der Waals surface area contributed by atoms with Crippen LogP contribution in [0.5, 0.6) is 0 Å². The molecule has 0 aliphatic heterocycles. The van der Waals surface area contributed by atoms with Crippen LogP contribution in [0.2, 0.25) is 0 Å². The van der Waals surface area contributed by atoms with Crippen molar-refractivity contribution in [3.05, 3.63) is 24.0 Å². The normalized spacial score (nSPS) is 38.9. The molecule has 2 rings (SSSR count). The maximum absolute atomic E-state index is 9.01. The highest BCUT2D eigenvalue weighted by Crippen LogP contribution is 2.39. The van der Waals surface area contributed by atoms with Gasteiger partial charge in [-0.15, -0.1) is 0 Å². The Bertz CT molecular complexity index is 179. The van der Waals surface area contributed by atoms with Crippen molar-refractivity contribution in [3.8, 4) is 0 Å². The van der Waals surface area contributed by atoms with Crippen LogP contribution in [0, 0.1) is 11.8 Å². The van der Waals surface area contributed by atoms with E-state index in [0.29, 0.717) is 11.7 Å². The maximum atomic E-state index is 9.01. The molecule has 0 aromatic rings. The van der Waals surface area contributed by atoms with Crippen LogP contribution in [-0.4, -0.2) is 5.11 Å². The number of hydrogen-bond acceptors (Lipinski definition) is 1. The topological polar surface area (TPSA) is 20.2 Å². The highest BCUT2D eigenvalue weighted by atomic mass is 16.3. The molecule has 0 spiro atoms. The van der Waals surface area contributed by atoms with Crippen LogP contribution in [0.4, 0.5) is 0 Å². The summed E-state index contributed by atoms with van der Waals surface area (Å²) >= 11 is 0. The largest absolute Gasteiger partial charge is 0.508 e. The third-order valence-electron chi connectivity index (χ3n) is 2.28. The third-order valence-corrected chi connectivity index (χ3v) is 2.28. The molecule has 0 saturated heterocycles. The molecule has 1 heteroatoms. The second kappa shape index (κ2) is 1.63. The lowest BCUT2D eigenvalue weighted by Crippen LogP contribution is -2.24. The first-order valence-electron chi connectivity index (χ1n) is 3.45. The molecule has 1 nitrogen and oxygen atoms in total. The summed E-state index contributed by atoms with van der Waals surface area (Å²) in [5.74, 6) is 1.87. The van der Waals surface area contributed by atoms with E-state index in [0.717, 1.165) is 5.92 Å². The second-order valence-corrected chi connectivity index (χ2v) is 2.86. The summed E-state index contributed by atoms with van der Waals surface area (Å²) in [6, 6.07) is 0. The number of aliphatic hydroxyl groups is 1. The summed E-state index contributed by atoms with van der Waals surface area (Å²) in [5, 5.41) is 9.01. The number of hydrogen-bond donors (Lipinski definition) is 1. The van der Waals surface area contributed by atoms with Gasteiger partial charge >= 0.3 is 0 Å². The first-order valence-corrected chi connectivity index (χ1v) is 3.45. The van der Waals surface area contributed by atoms with E-state index < -0.39 is 0 Å². The number of aliphatic hydroxyl groups excluding tert-OH is 1. The van der Waals surface area contributed by atoms with Crippen molar-refractivity contribution in [3.63, 3.8) is 0 Å². The molecule has 1 N–H and O–H groups in total. The van der Waals surface area contributed by atoms with Crippen molar-refractivity contribution >= 4 is 0 Å². The fourth-order valence-corrected chi connectivity index (χ4v) is 1.49. The van der Waals surface area contributed by atoms with Crippen molar-refractivity contribution in [1.29, 1.82) is 0 Å². The molecule has 0 bridgehead atoms. The van der Waals surface area contributed by atoms with Crippen LogP contribution in [0.25, 0.3) is 0 Å². The van der Waals surface area contributed by atoms with Gasteiger partial charge in [-0.05, 0) is 36.8 Å². The van der Waals surface area contributed by atoms with E-state index in [-0.39, 0.29) is 0 Å². The van der Waals surface area contributed by atoms with Crippen LogP contribution in [0.1, 0.15) is 12.8 Å². The van der Waals surface area contributed by atoms with E-state index >= 15 is 0 Å². The predicted octanol–water partition coefficient (Wildman–Crippen LogP) is 2.02. The SMILES string of the molecule is OC1=CC2CCC2C=C1. The Balaban J connectivity index is 2.19. The Morgan fingerprint density at radius 1 is 1.33 bits per heavy atom. The summed E-state index contributed by atoms with van der Waals surface area (Å²) in [6.45, 7) is 0. The minimum absolute atomic E-state index is 0.455. The van der Waals surface area contributed by atoms with Gasteiger partial charge < -0.3 is 5.11 Å². The molecule has 1 saturated carbocycles. The molecule has 2 atom stereocenters. The molecular weight excluding hydrogens is 112 g/mol. The van der Waals surface area contributed by atoms with E-state index in [2.05, 4.69) is 6.08 Å². The minimum Gasteiger partial charge on any atom is -0.508 e. The van der Waals surface area contributed by atoms with Crippen molar-refractivity contribution in [2.45, 2.75) is 12.8 Å². The van der Waals surface area contributed by atoms with Gasteiger partial charge in [0.25, 0.3) is 0 Å². The lowest BCUT2D eigenvalue weighted by molar-refractivity contribution is 0.267. The lowest BCUT2D eigenvalue weighted by atomic mass is 9.71. The van der Waals surface area contributed by atoms with Crippen molar-refractivity contribution in [1.82, 2.24) is 0 Å². The van der Waals surface area contributed by atoms with Crippen molar-refractivity contribution in [2.24, 2.45) is 11.8 Å². The number of fused-ring (bicyclic) bond motifs is 1. The standard InChI is InChI=1S/C8H10O/c9-8-4-3-6-1-2-7(6)5-8/h3-7,9H,1-2H2. The Morgan fingerprint density at radius 2 is 2.11 bits per heavy atom. The summed E-state index contributed by atoms with van der Waals surface area (Å²) < 4.78 is 0. The molecule has 0 aromatic heterocycles. The number of allylic oxidation sites excluding steroid dienone is 3. The van der Waals surface area contributed by atoms with Gasteiger partial charge in [0.1, 0.15) is 5.76 Å². The van der Waals surface area contributed by atoms with Gasteiger partial charge in [0.05, 0.1) is 0 Å². The molecular formula is C8H10O. The van der Waals surface area contributed by atoms with Gasteiger partial charge in [-0.2, -0.15) is 0 Å². The van der Waals surface area contributed by atoms with Gasteiger partial charge in [-0.3, -0.25) is 0 Å². The van der Waals surface area contributed by atoms with Crippen LogP contribution < -0.4 is 0 Å². The fraction of sp³-hybridized carbons (Fsp3) is 0.500. The third kappa shape index (κ3) is 0.680. The van der Waals surface area contributed by atoms with Gasteiger partial charge in [-0.1, -0.05) is 6.08 Å². The monoisotopic (exact) mass is 122 g/mol. The summed E-state index contributed by atoms with van der Waals surface area (Å²) in [5.41, 5.74) is 0. The molecule has 9 heavy (non-hydrogen) atoms. The Morgan fingerprint density at radius 3 is 2.56 bits per heavy atom. The smallest absolute Gasteiger partial charge is 0.111 e. The van der Waals surface area contributed by atoms with Crippen LogP contribution in [0.3, 0.4) is 0 Å². The van der Waals surface area contributed by atoms with E-state index in [1.54, 1.807) is 6.08 Å². The summed E-state index contributed by atoms with van der Waals surface area (Å²) in [7, 11) is 0. The van der Waals surface area contributed by atoms with Crippen LogP contribution in [-0.2, 0) is 0 Å². The molecule has 2 unspecified atom stereocenters. The first kappa shape index (κ1) is 5.10. The lowest BCUT2D eigenvalue weighted by Gasteiger charge is -2.34. The minimum atomic E-state index is 0.455. The van der Waals surface area contributed by atoms with E-state index in [4.69, 9.17) is 5.11 Å². The Labute approximate surface area is 54.7 Å². The molecule has 0 radical (unpaired) electrons. The van der Waals surface area contributed by atoms with Gasteiger partial charge in [0, 0.05) is 0 Å². The van der Waals surface area contributed by atoms with E-state index in [1.165, 1.54) is 12.8 Å². The molecule has 0 heterocycles. The maximum Gasteiger partial charge on any atom is 0.111 e. The quantitative estimate of drug-likeness (QED) is 0.521. The fourth-order valence-electron chi connectivity index (χ4n) is 1.49. The zero-order chi connectivity index (χ0) is 6.27. The summed E-state index contributed by atoms with van der Waals surface area (Å²) in [6.07, 6.45) is 8.46. The van der Waals surface area contributed by atoms with E-state index in [1.807, 2.05) is 6.08 Å². The Kier molecular flexibility index (Phi) is 0.922. The highest BCUT2D eigenvalue weighted by Gasteiger charge is 2.28. The zero-order valence-corrected chi connectivity index (χ0v) is 5.25. The molecule has 2 aliphatic rings. The first-order chi connectivity index (χ1) is 4.36. The predicted molar refractivity (Wildman–Crippen MR) is 36.1 cm³/mol. The van der Waals surface area contributed by atoms with Gasteiger partial charge in [-0.25, -0.2) is 0 Å². The zero-order valence-electron chi connectivity index (χ0n) is 5.25.